The Kier molecular flexibility index (Phi) is 3.90. The summed E-state index contributed by atoms with van der Waals surface area (Å²) in [5.41, 5.74) is 0.311. The third kappa shape index (κ3) is 3.14. The molecule has 0 aromatic heterocycles. The zero-order chi connectivity index (χ0) is 15.9. The van der Waals surface area contributed by atoms with E-state index >= 15 is 0 Å². The van der Waals surface area contributed by atoms with Gasteiger partial charge in [-0.1, -0.05) is 15.9 Å². The SMILES string of the molecule is O=C(O)c1cc(Br)cc(C(=O)NC2CC(=O)N(C3CC3)C2)c1. The molecule has 1 aliphatic heterocycles. The van der Waals surface area contributed by atoms with Gasteiger partial charge in [0.15, 0.2) is 0 Å². The largest absolute Gasteiger partial charge is 0.478 e. The van der Waals surface area contributed by atoms with Gasteiger partial charge in [-0.15, -0.1) is 0 Å². The van der Waals surface area contributed by atoms with Crippen molar-refractivity contribution in [1.82, 2.24) is 10.2 Å². The first kappa shape index (κ1) is 15.0. The number of nitrogens with one attached hydrogen (secondary N) is 1. The van der Waals surface area contributed by atoms with Crippen LogP contribution in [0.5, 0.6) is 0 Å². The lowest BCUT2D eigenvalue weighted by Crippen LogP contribution is -2.37. The molecule has 6 nitrogen and oxygen atoms in total. The number of halogens is 1. The number of rotatable bonds is 4. The maximum Gasteiger partial charge on any atom is 0.335 e. The van der Waals surface area contributed by atoms with Gasteiger partial charge in [-0.05, 0) is 31.0 Å². The summed E-state index contributed by atoms with van der Waals surface area (Å²) in [6, 6.07) is 4.47. The summed E-state index contributed by atoms with van der Waals surface area (Å²) in [4.78, 5) is 37.0. The van der Waals surface area contributed by atoms with Gasteiger partial charge in [0.05, 0.1) is 11.6 Å². The van der Waals surface area contributed by atoms with Crippen molar-refractivity contribution in [2.45, 2.75) is 31.3 Å². The van der Waals surface area contributed by atoms with Crippen LogP contribution < -0.4 is 5.32 Å². The van der Waals surface area contributed by atoms with E-state index < -0.39 is 5.97 Å². The van der Waals surface area contributed by atoms with Crippen molar-refractivity contribution < 1.29 is 19.5 Å². The van der Waals surface area contributed by atoms with Gasteiger partial charge in [0.1, 0.15) is 0 Å². The van der Waals surface area contributed by atoms with Gasteiger partial charge in [0.2, 0.25) is 5.91 Å². The van der Waals surface area contributed by atoms with E-state index in [0.717, 1.165) is 12.8 Å². The number of nitrogens with zero attached hydrogens (tertiary/aromatic N) is 1. The highest BCUT2D eigenvalue weighted by Gasteiger charge is 2.39. The Bertz CT molecular complexity index is 657. The first-order chi connectivity index (χ1) is 10.4. The molecular formula is C15H15BrN2O4. The highest BCUT2D eigenvalue weighted by molar-refractivity contribution is 9.10. The maximum atomic E-state index is 12.3. The van der Waals surface area contributed by atoms with Crippen LogP contribution in [0.25, 0.3) is 0 Å². The first-order valence-electron chi connectivity index (χ1n) is 7.08. The summed E-state index contributed by atoms with van der Waals surface area (Å²) in [7, 11) is 0. The van der Waals surface area contributed by atoms with Gasteiger partial charge in [0, 0.05) is 29.0 Å². The Balaban J connectivity index is 1.69. The first-order valence-corrected chi connectivity index (χ1v) is 7.87. The molecule has 0 spiro atoms. The summed E-state index contributed by atoms with van der Waals surface area (Å²) >= 11 is 3.20. The van der Waals surface area contributed by atoms with Crippen molar-refractivity contribution in [3.8, 4) is 0 Å². The quantitative estimate of drug-likeness (QED) is 0.847. The monoisotopic (exact) mass is 366 g/mol. The molecule has 1 heterocycles. The van der Waals surface area contributed by atoms with Crippen LogP contribution in [-0.4, -0.2) is 46.4 Å². The minimum absolute atomic E-state index is 0.0432. The third-order valence-corrected chi connectivity index (χ3v) is 4.35. The predicted octanol–water partition coefficient (Wildman–Crippen LogP) is 1.64. The topological polar surface area (TPSA) is 86.7 Å². The van der Waals surface area contributed by atoms with Crippen LogP contribution in [0.3, 0.4) is 0 Å². The molecule has 1 unspecified atom stereocenters. The highest BCUT2D eigenvalue weighted by Crippen LogP contribution is 2.30. The summed E-state index contributed by atoms with van der Waals surface area (Å²) in [6.07, 6.45) is 2.39. The van der Waals surface area contributed by atoms with Crippen LogP contribution in [0.15, 0.2) is 22.7 Å². The van der Waals surface area contributed by atoms with Crippen molar-refractivity contribution in [3.63, 3.8) is 0 Å². The van der Waals surface area contributed by atoms with E-state index in [9.17, 15) is 14.4 Å². The predicted molar refractivity (Wildman–Crippen MR) is 81.7 cm³/mol. The smallest absolute Gasteiger partial charge is 0.335 e. The second kappa shape index (κ2) is 5.72. The molecule has 1 saturated heterocycles. The lowest BCUT2D eigenvalue weighted by atomic mass is 10.1. The summed E-state index contributed by atoms with van der Waals surface area (Å²) in [5.74, 6) is -1.38. The van der Waals surface area contributed by atoms with Crippen LogP contribution in [-0.2, 0) is 4.79 Å². The molecule has 22 heavy (non-hydrogen) atoms. The molecule has 2 amide bonds. The Morgan fingerprint density at radius 1 is 1.23 bits per heavy atom. The third-order valence-electron chi connectivity index (χ3n) is 3.89. The minimum Gasteiger partial charge on any atom is -0.478 e. The van der Waals surface area contributed by atoms with Crippen molar-refractivity contribution in [2.24, 2.45) is 0 Å². The van der Waals surface area contributed by atoms with E-state index in [0.29, 0.717) is 23.5 Å². The van der Waals surface area contributed by atoms with Crippen molar-refractivity contribution >= 4 is 33.7 Å². The number of amides is 2. The molecule has 2 fully saturated rings. The molecule has 1 saturated carbocycles. The van der Waals surface area contributed by atoms with Crippen LogP contribution >= 0.6 is 15.9 Å². The van der Waals surface area contributed by atoms with Crippen molar-refractivity contribution in [1.29, 1.82) is 0 Å². The van der Waals surface area contributed by atoms with E-state index in [2.05, 4.69) is 21.2 Å². The van der Waals surface area contributed by atoms with Crippen LogP contribution in [0.4, 0.5) is 0 Å². The normalized spacial score (nSPS) is 21.0. The molecular weight excluding hydrogens is 352 g/mol. The number of carboxylic acid groups (broad SMARTS) is 1. The van der Waals surface area contributed by atoms with E-state index in [1.165, 1.54) is 12.1 Å². The van der Waals surface area contributed by atoms with Crippen LogP contribution in [0.1, 0.15) is 40.0 Å². The molecule has 0 radical (unpaired) electrons. The average Bonchev–Trinajstić information content (AvgIpc) is 3.22. The van der Waals surface area contributed by atoms with Gasteiger partial charge >= 0.3 is 5.97 Å². The highest BCUT2D eigenvalue weighted by atomic mass is 79.9. The number of benzene rings is 1. The number of likely N-dealkylation sites (tertiary alicyclic amines) is 1. The number of hydrogen-bond acceptors (Lipinski definition) is 3. The molecule has 1 aliphatic carbocycles. The number of aromatic carboxylic acids is 1. The summed E-state index contributed by atoms with van der Waals surface area (Å²) in [5, 5.41) is 11.8. The molecule has 1 aromatic carbocycles. The zero-order valence-electron chi connectivity index (χ0n) is 11.7. The molecule has 1 aromatic rings. The summed E-state index contributed by atoms with van der Waals surface area (Å²) in [6.45, 7) is 0.537. The zero-order valence-corrected chi connectivity index (χ0v) is 13.3. The number of carbonyl (C=O) groups excluding carboxylic acids is 2. The van der Waals surface area contributed by atoms with E-state index in [1.807, 2.05) is 4.90 Å². The standard InChI is InChI=1S/C15H15BrN2O4/c16-10-4-8(3-9(5-10)15(21)22)14(20)17-11-6-13(19)18(7-11)12-1-2-12/h3-5,11-12H,1-2,6-7H2,(H,17,20)(H,21,22). The van der Waals surface area contributed by atoms with Gasteiger partial charge < -0.3 is 15.3 Å². The second-order valence-electron chi connectivity index (χ2n) is 5.69. The molecule has 0 bridgehead atoms. The Morgan fingerprint density at radius 3 is 2.55 bits per heavy atom. The van der Waals surface area contributed by atoms with Crippen LogP contribution in [0, 0.1) is 0 Å². The Morgan fingerprint density at radius 2 is 1.91 bits per heavy atom. The fourth-order valence-electron chi connectivity index (χ4n) is 2.68. The van der Waals surface area contributed by atoms with Crippen molar-refractivity contribution in [2.75, 3.05) is 6.54 Å². The van der Waals surface area contributed by atoms with Gasteiger partial charge in [0.25, 0.3) is 5.91 Å². The molecule has 1 atom stereocenters. The van der Waals surface area contributed by atoms with Crippen molar-refractivity contribution in [3.05, 3.63) is 33.8 Å². The maximum absolute atomic E-state index is 12.3. The average molecular weight is 367 g/mol. The van der Waals surface area contributed by atoms with E-state index in [-0.39, 0.29) is 29.0 Å². The number of carbonyl (C=O) groups is 3. The van der Waals surface area contributed by atoms with Gasteiger partial charge in [-0.3, -0.25) is 9.59 Å². The molecule has 2 aliphatic rings. The van der Waals surface area contributed by atoms with Crippen LogP contribution in [0.2, 0.25) is 0 Å². The molecule has 3 rings (SSSR count). The summed E-state index contributed by atoms with van der Waals surface area (Å²) < 4.78 is 0.527. The Labute approximate surface area is 135 Å². The molecule has 116 valence electrons. The van der Waals surface area contributed by atoms with E-state index in [4.69, 9.17) is 5.11 Å². The fourth-order valence-corrected chi connectivity index (χ4v) is 3.17. The lowest BCUT2D eigenvalue weighted by Gasteiger charge is -2.16. The lowest BCUT2D eigenvalue weighted by molar-refractivity contribution is -0.128. The number of hydrogen-bond donors (Lipinski definition) is 2. The minimum atomic E-state index is -1.09. The van der Waals surface area contributed by atoms with E-state index in [1.54, 1.807) is 6.07 Å². The second-order valence-corrected chi connectivity index (χ2v) is 6.60. The molecule has 7 heteroatoms. The fraction of sp³-hybridized carbons (Fsp3) is 0.400. The van der Waals surface area contributed by atoms with Gasteiger partial charge in [-0.2, -0.15) is 0 Å². The number of carboxylic acids is 1. The Hall–Kier alpha value is -1.89. The molecule has 2 N–H and O–H groups in total. The van der Waals surface area contributed by atoms with Gasteiger partial charge in [-0.25, -0.2) is 4.79 Å².